The highest BCUT2D eigenvalue weighted by molar-refractivity contribution is 4.96. The molecule has 208 valence electrons. The molecule has 0 spiro atoms. The van der Waals surface area contributed by atoms with Crippen LogP contribution in [0.4, 0.5) is 0 Å². The van der Waals surface area contributed by atoms with E-state index in [1.165, 1.54) is 174 Å². The van der Waals surface area contributed by atoms with Crippen LogP contribution in [0.1, 0.15) is 181 Å². The molecule has 1 aliphatic rings. The van der Waals surface area contributed by atoms with Crippen LogP contribution in [0.15, 0.2) is 12.4 Å². The fraction of sp³-hybridized carbons (Fsp3) is 0.939. The van der Waals surface area contributed by atoms with Gasteiger partial charge in [0.1, 0.15) is 6.17 Å². The first kappa shape index (κ1) is 32.4. The van der Waals surface area contributed by atoms with Crippen LogP contribution < -0.4 is 0 Å². The Kier molecular flexibility index (Phi) is 23.1. The molecular formula is C33H66N2. The molecule has 0 amide bonds. The van der Waals surface area contributed by atoms with Gasteiger partial charge in [0, 0.05) is 25.5 Å². The molecule has 2 nitrogen and oxygen atoms in total. The van der Waals surface area contributed by atoms with Gasteiger partial charge in [0.2, 0.25) is 0 Å². The lowest BCUT2D eigenvalue weighted by molar-refractivity contribution is 0.137. The second-order valence-corrected chi connectivity index (χ2v) is 11.5. The molecule has 1 heterocycles. The second-order valence-electron chi connectivity index (χ2n) is 11.5. The molecule has 0 aromatic heterocycles. The molecule has 0 aromatic carbocycles. The van der Waals surface area contributed by atoms with E-state index in [0.29, 0.717) is 6.17 Å². The summed E-state index contributed by atoms with van der Waals surface area (Å²) in [6, 6.07) is 0. The first-order chi connectivity index (χ1) is 17.3. The molecule has 35 heavy (non-hydrogen) atoms. The van der Waals surface area contributed by atoms with Crippen LogP contribution in [0.5, 0.6) is 0 Å². The molecule has 0 saturated heterocycles. The van der Waals surface area contributed by atoms with Crippen LogP contribution in [0.3, 0.4) is 0 Å². The SMILES string of the molecule is CCCCCCCCCCCCCCC1N(CCC)C=CN1CCCCCCCCCCCCC. The maximum absolute atomic E-state index is 2.67. The standard InChI is InChI=1S/C33H66N2/c1-4-7-9-11-13-15-17-18-20-22-24-26-28-33-34(29-6-3)31-32-35(33)30-27-25-23-21-19-16-14-12-10-8-5-2/h31-33H,4-30H2,1-3H3. The molecule has 2 heteroatoms. The molecule has 1 atom stereocenters. The quantitative estimate of drug-likeness (QED) is 0.106. The summed E-state index contributed by atoms with van der Waals surface area (Å²) in [6.07, 6.45) is 41.1. The van der Waals surface area contributed by atoms with Crippen LogP contribution in [-0.2, 0) is 0 Å². The van der Waals surface area contributed by atoms with Crippen LogP contribution in [0.2, 0.25) is 0 Å². The molecule has 0 aromatic rings. The summed E-state index contributed by atoms with van der Waals surface area (Å²) in [7, 11) is 0. The molecule has 1 rings (SSSR count). The van der Waals surface area contributed by atoms with E-state index in [1.807, 2.05) is 0 Å². The maximum Gasteiger partial charge on any atom is 0.101 e. The van der Waals surface area contributed by atoms with Crippen molar-refractivity contribution in [1.82, 2.24) is 9.80 Å². The molecule has 0 aliphatic carbocycles. The minimum Gasteiger partial charge on any atom is -0.356 e. The first-order valence-corrected chi connectivity index (χ1v) is 16.5. The number of hydrogen-bond acceptors (Lipinski definition) is 2. The molecule has 0 fully saturated rings. The fourth-order valence-electron chi connectivity index (χ4n) is 5.72. The van der Waals surface area contributed by atoms with Crippen molar-refractivity contribution in [2.45, 2.75) is 187 Å². The van der Waals surface area contributed by atoms with E-state index in [4.69, 9.17) is 0 Å². The second kappa shape index (κ2) is 25.0. The Morgan fingerprint density at radius 1 is 0.371 bits per heavy atom. The third-order valence-corrected chi connectivity index (χ3v) is 8.03. The predicted molar refractivity (Wildman–Crippen MR) is 159 cm³/mol. The minimum absolute atomic E-state index is 0.640. The Balaban J connectivity index is 2.04. The van der Waals surface area contributed by atoms with E-state index in [9.17, 15) is 0 Å². The number of nitrogens with zero attached hydrogens (tertiary/aromatic N) is 2. The molecule has 1 unspecified atom stereocenters. The van der Waals surface area contributed by atoms with Gasteiger partial charge in [0.25, 0.3) is 0 Å². The average Bonchev–Trinajstić information content (AvgIpc) is 3.24. The Hall–Kier alpha value is -0.660. The fourth-order valence-corrected chi connectivity index (χ4v) is 5.72. The zero-order valence-electron chi connectivity index (χ0n) is 24.7. The summed E-state index contributed by atoms with van der Waals surface area (Å²) in [5.74, 6) is 0. The van der Waals surface area contributed by atoms with Gasteiger partial charge in [-0.2, -0.15) is 0 Å². The minimum atomic E-state index is 0.640. The average molecular weight is 491 g/mol. The van der Waals surface area contributed by atoms with Gasteiger partial charge >= 0.3 is 0 Å². The number of rotatable bonds is 27. The first-order valence-electron chi connectivity index (χ1n) is 16.5. The third kappa shape index (κ3) is 18.3. The molecule has 0 radical (unpaired) electrons. The summed E-state index contributed by atoms with van der Waals surface area (Å²) in [4.78, 5) is 5.29. The zero-order chi connectivity index (χ0) is 25.2. The molecule has 0 bridgehead atoms. The van der Waals surface area contributed by atoms with Gasteiger partial charge in [-0.25, -0.2) is 0 Å². The highest BCUT2D eigenvalue weighted by Crippen LogP contribution is 2.23. The van der Waals surface area contributed by atoms with Gasteiger partial charge in [-0.1, -0.05) is 156 Å². The largest absolute Gasteiger partial charge is 0.356 e. The molecule has 1 aliphatic heterocycles. The maximum atomic E-state index is 2.67. The van der Waals surface area contributed by atoms with E-state index in [2.05, 4.69) is 43.0 Å². The highest BCUT2D eigenvalue weighted by atomic mass is 15.4. The summed E-state index contributed by atoms with van der Waals surface area (Å²) >= 11 is 0. The number of unbranched alkanes of at least 4 members (excludes halogenated alkanes) is 21. The van der Waals surface area contributed by atoms with Crippen molar-refractivity contribution in [3.8, 4) is 0 Å². The monoisotopic (exact) mass is 491 g/mol. The van der Waals surface area contributed by atoms with Gasteiger partial charge in [-0.3, -0.25) is 0 Å². The lowest BCUT2D eigenvalue weighted by Crippen LogP contribution is -2.39. The van der Waals surface area contributed by atoms with Crippen LogP contribution in [0, 0.1) is 0 Å². The van der Waals surface area contributed by atoms with Crippen LogP contribution in [0.25, 0.3) is 0 Å². The summed E-state index contributed by atoms with van der Waals surface area (Å²) in [5, 5.41) is 0. The topological polar surface area (TPSA) is 6.48 Å². The van der Waals surface area contributed by atoms with E-state index in [-0.39, 0.29) is 0 Å². The lowest BCUT2D eigenvalue weighted by atomic mass is 10.0. The number of hydrogen-bond donors (Lipinski definition) is 0. The summed E-state index contributed by atoms with van der Waals surface area (Å²) in [6.45, 7) is 9.41. The summed E-state index contributed by atoms with van der Waals surface area (Å²) < 4.78 is 0. The van der Waals surface area contributed by atoms with Crippen molar-refractivity contribution in [3.05, 3.63) is 12.4 Å². The van der Waals surface area contributed by atoms with Crippen LogP contribution in [-0.4, -0.2) is 29.1 Å². The van der Waals surface area contributed by atoms with E-state index >= 15 is 0 Å². The third-order valence-electron chi connectivity index (χ3n) is 8.03. The molecule has 0 saturated carbocycles. The van der Waals surface area contributed by atoms with Crippen molar-refractivity contribution in [2.24, 2.45) is 0 Å². The van der Waals surface area contributed by atoms with Gasteiger partial charge in [0.05, 0.1) is 0 Å². The van der Waals surface area contributed by atoms with E-state index < -0.39 is 0 Å². The van der Waals surface area contributed by atoms with Crippen molar-refractivity contribution in [1.29, 1.82) is 0 Å². The summed E-state index contributed by atoms with van der Waals surface area (Å²) in [5.41, 5.74) is 0. The van der Waals surface area contributed by atoms with Crippen LogP contribution >= 0.6 is 0 Å². The van der Waals surface area contributed by atoms with Crippen molar-refractivity contribution in [3.63, 3.8) is 0 Å². The van der Waals surface area contributed by atoms with E-state index in [1.54, 1.807) is 0 Å². The van der Waals surface area contributed by atoms with Gasteiger partial charge in [-0.15, -0.1) is 0 Å². The Labute approximate surface area is 222 Å². The van der Waals surface area contributed by atoms with Gasteiger partial charge < -0.3 is 9.80 Å². The van der Waals surface area contributed by atoms with Crippen molar-refractivity contribution in [2.75, 3.05) is 13.1 Å². The van der Waals surface area contributed by atoms with E-state index in [0.717, 1.165) is 0 Å². The van der Waals surface area contributed by atoms with Gasteiger partial charge in [0.15, 0.2) is 0 Å². The smallest absolute Gasteiger partial charge is 0.101 e. The van der Waals surface area contributed by atoms with Gasteiger partial charge in [-0.05, 0) is 25.7 Å². The van der Waals surface area contributed by atoms with Crippen molar-refractivity contribution < 1.29 is 0 Å². The predicted octanol–water partition coefficient (Wildman–Crippen LogP) is 11.2. The zero-order valence-corrected chi connectivity index (χ0v) is 24.7. The molecule has 0 N–H and O–H groups in total. The Morgan fingerprint density at radius 3 is 1.11 bits per heavy atom. The Morgan fingerprint density at radius 2 is 0.714 bits per heavy atom. The lowest BCUT2D eigenvalue weighted by Gasteiger charge is -2.33. The molecular weight excluding hydrogens is 424 g/mol. The van der Waals surface area contributed by atoms with Crippen molar-refractivity contribution >= 4 is 0 Å². The Bertz CT molecular complexity index is 446. The normalized spacial score (nSPS) is 15.6. The highest BCUT2D eigenvalue weighted by Gasteiger charge is 2.24.